The quantitative estimate of drug-likeness (QED) is 0.318. The molecule has 1 N–H and O–H groups in total. The summed E-state index contributed by atoms with van der Waals surface area (Å²) in [4.78, 5) is 28.6. The predicted molar refractivity (Wildman–Crippen MR) is 153 cm³/mol. The van der Waals surface area contributed by atoms with Crippen LogP contribution in [0.4, 0.5) is 10.1 Å². The molecular formula is C28H30Cl2FN3O4S. The van der Waals surface area contributed by atoms with E-state index in [1.807, 2.05) is 37.3 Å². The second-order valence-electron chi connectivity index (χ2n) is 8.97. The zero-order valence-corrected chi connectivity index (χ0v) is 23.9. The Hall–Kier alpha value is -3.14. The molecule has 0 heterocycles. The first-order valence-corrected chi connectivity index (χ1v) is 14.9. The van der Waals surface area contributed by atoms with Gasteiger partial charge in [0.2, 0.25) is 21.8 Å². The lowest BCUT2D eigenvalue weighted by Crippen LogP contribution is -2.53. The molecule has 0 aliphatic carbocycles. The molecule has 1 atom stereocenters. The van der Waals surface area contributed by atoms with Crippen molar-refractivity contribution in [1.82, 2.24) is 10.2 Å². The van der Waals surface area contributed by atoms with E-state index >= 15 is 0 Å². The molecule has 3 rings (SSSR count). The molecular weight excluding hydrogens is 564 g/mol. The van der Waals surface area contributed by atoms with Gasteiger partial charge in [0.1, 0.15) is 18.4 Å². The zero-order chi connectivity index (χ0) is 28.6. The zero-order valence-electron chi connectivity index (χ0n) is 21.6. The Labute approximate surface area is 238 Å². The van der Waals surface area contributed by atoms with Crippen LogP contribution in [-0.2, 0) is 32.6 Å². The van der Waals surface area contributed by atoms with E-state index in [1.165, 1.54) is 41.3 Å². The van der Waals surface area contributed by atoms with E-state index in [0.29, 0.717) is 13.0 Å². The highest BCUT2D eigenvalue weighted by atomic mass is 35.5. The molecule has 0 fully saturated rings. The lowest BCUT2D eigenvalue weighted by atomic mass is 10.0. The highest BCUT2D eigenvalue weighted by Gasteiger charge is 2.33. The Morgan fingerprint density at radius 2 is 1.67 bits per heavy atom. The van der Waals surface area contributed by atoms with Gasteiger partial charge in [-0.15, -0.1) is 0 Å². The maximum Gasteiger partial charge on any atom is 0.244 e. The van der Waals surface area contributed by atoms with E-state index < -0.39 is 40.2 Å². The van der Waals surface area contributed by atoms with Gasteiger partial charge in [0.25, 0.3) is 0 Å². The number of nitrogens with one attached hydrogen (secondary N) is 1. The molecule has 39 heavy (non-hydrogen) atoms. The lowest BCUT2D eigenvalue weighted by Gasteiger charge is -2.33. The first kappa shape index (κ1) is 30.4. The molecule has 0 bridgehead atoms. The minimum atomic E-state index is -4.02. The second-order valence-corrected chi connectivity index (χ2v) is 11.7. The van der Waals surface area contributed by atoms with Gasteiger partial charge in [-0.3, -0.25) is 13.9 Å². The molecule has 3 aromatic carbocycles. The Morgan fingerprint density at radius 1 is 1.00 bits per heavy atom. The number of carbonyl (C=O) groups excluding carboxylic acids is 2. The molecule has 3 aromatic rings. The summed E-state index contributed by atoms with van der Waals surface area (Å²) in [6.45, 7) is 1.33. The normalized spacial score (nSPS) is 12.0. The summed E-state index contributed by atoms with van der Waals surface area (Å²) in [7, 11) is -4.02. The van der Waals surface area contributed by atoms with Crippen molar-refractivity contribution in [2.45, 2.75) is 32.4 Å². The van der Waals surface area contributed by atoms with Gasteiger partial charge in [-0.05, 0) is 36.2 Å². The van der Waals surface area contributed by atoms with Crippen molar-refractivity contribution < 1.29 is 22.4 Å². The molecule has 208 valence electrons. The number of amides is 2. The fraction of sp³-hybridized carbons (Fsp3) is 0.286. The van der Waals surface area contributed by atoms with Gasteiger partial charge in [-0.2, -0.15) is 0 Å². The molecule has 1 unspecified atom stereocenters. The van der Waals surface area contributed by atoms with Gasteiger partial charge in [0.05, 0.1) is 17.0 Å². The maximum absolute atomic E-state index is 14.7. The summed E-state index contributed by atoms with van der Waals surface area (Å²) >= 11 is 12.4. The summed E-state index contributed by atoms with van der Waals surface area (Å²) in [5, 5.41) is 3.11. The van der Waals surface area contributed by atoms with Crippen LogP contribution in [-0.4, -0.2) is 50.5 Å². The fourth-order valence-electron chi connectivity index (χ4n) is 4.00. The van der Waals surface area contributed by atoms with Gasteiger partial charge in [0, 0.05) is 30.1 Å². The smallest absolute Gasteiger partial charge is 0.244 e. The minimum absolute atomic E-state index is 0.0147. The molecule has 0 aromatic heterocycles. The topological polar surface area (TPSA) is 86.8 Å². The van der Waals surface area contributed by atoms with Crippen LogP contribution >= 0.6 is 23.2 Å². The number of carbonyl (C=O) groups is 2. The minimum Gasteiger partial charge on any atom is -0.354 e. The SMILES string of the molecule is CCCNC(=O)C(Cc1ccccc1)N(Cc1ccccc1F)C(=O)CN(c1cc(Cl)ccc1Cl)S(C)(=O)=O. The third-order valence-electron chi connectivity index (χ3n) is 5.97. The average molecular weight is 595 g/mol. The molecule has 11 heteroatoms. The summed E-state index contributed by atoms with van der Waals surface area (Å²) in [5.74, 6) is -1.70. The molecule has 7 nitrogen and oxygen atoms in total. The van der Waals surface area contributed by atoms with Crippen LogP contribution < -0.4 is 9.62 Å². The standard InChI is InChI=1S/C28H30Cl2FN3O4S/c1-3-15-32-28(36)26(16-20-9-5-4-6-10-20)33(18-21-11-7-8-12-24(21)31)27(35)19-34(39(2,37)38)25-17-22(29)13-14-23(25)30/h4-14,17,26H,3,15-16,18-19H2,1-2H3,(H,32,36). The fourth-order valence-corrected chi connectivity index (χ4v) is 5.29. The van der Waals surface area contributed by atoms with E-state index in [0.717, 1.165) is 16.1 Å². The monoisotopic (exact) mass is 593 g/mol. The summed E-state index contributed by atoms with van der Waals surface area (Å²) < 4.78 is 41.2. The van der Waals surface area contributed by atoms with Crippen LogP contribution in [0.5, 0.6) is 0 Å². The van der Waals surface area contributed by atoms with Gasteiger partial charge in [-0.25, -0.2) is 12.8 Å². The summed E-state index contributed by atoms with van der Waals surface area (Å²) in [6, 6.07) is 18.2. The molecule has 0 saturated carbocycles. The third kappa shape index (κ3) is 8.42. The number of halogens is 3. The van der Waals surface area contributed by atoms with E-state index in [1.54, 1.807) is 6.07 Å². The van der Waals surface area contributed by atoms with E-state index in [9.17, 15) is 22.4 Å². The number of hydrogen-bond acceptors (Lipinski definition) is 4. The highest BCUT2D eigenvalue weighted by molar-refractivity contribution is 7.92. The van der Waals surface area contributed by atoms with Gasteiger partial charge in [-0.1, -0.05) is 78.7 Å². The molecule has 0 aliphatic rings. The van der Waals surface area contributed by atoms with Crippen LogP contribution in [0, 0.1) is 5.82 Å². The third-order valence-corrected chi connectivity index (χ3v) is 7.66. The molecule has 2 amide bonds. The summed E-state index contributed by atoms with van der Waals surface area (Å²) in [5.41, 5.74) is 0.970. The number of rotatable bonds is 12. The van der Waals surface area contributed by atoms with Crippen molar-refractivity contribution in [2.75, 3.05) is 23.7 Å². The number of nitrogens with zero attached hydrogens (tertiary/aromatic N) is 2. The summed E-state index contributed by atoms with van der Waals surface area (Å²) in [6.07, 6.45) is 1.74. The van der Waals surface area contributed by atoms with Crippen LogP contribution in [0.25, 0.3) is 0 Å². The molecule has 0 aliphatic heterocycles. The van der Waals surface area contributed by atoms with Crippen molar-refractivity contribution in [2.24, 2.45) is 0 Å². The molecule has 0 saturated heterocycles. The Bertz CT molecular complexity index is 1410. The van der Waals surface area contributed by atoms with Gasteiger partial charge in [0.15, 0.2) is 0 Å². The Balaban J connectivity index is 2.08. The van der Waals surface area contributed by atoms with Crippen molar-refractivity contribution in [3.8, 4) is 0 Å². The van der Waals surface area contributed by atoms with Crippen LogP contribution in [0.2, 0.25) is 10.0 Å². The number of anilines is 1. The number of sulfonamides is 1. The van der Waals surface area contributed by atoms with Crippen molar-refractivity contribution in [3.63, 3.8) is 0 Å². The van der Waals surface area contributed by atoms with Crippen LogP contribution in [0.15, 0.2) is 72.8 Å². The second kappa shape index (κ2) is 13.8. The van der Waals surface area contributed by atoms with E-state index in [-0.39, 0.29) is 34.3 Å². The Kier molecular flexibility index (Phi) is 10.7. The number of benzene rings is 3. The van der Waals surface area contributed by atoms with Crippen LogP contribution in [0.1, 0.15) is 24.5 Å². The van der Waals surface area contributed by atoms with Crippen molar-refractivity contribution in [1.29, 1.82) is 0 Å². The van der Waals surface area contributed by atoms with Crippen LogP contribution in [0.3, 0.4) is 0 Å². The lowest BCUT2D eigenvalue weighted by molar-refractivity contribution is -0.140. The van der Waals surface area contributed by atoms with E-state index in [4.69, 9.17) is 23.2 Å². The van der Waals surface area contributed by atoms with Gasteiger partial charge >= 0.3 is 0 Å². The van der Waals surface area contributed by atoms with Crippen molar-refractivity contribution >= 4 is 50.7 Å². The first-order valence-electron chi connectivity index (χ1n) is 12.3. The van der Waals surface area contributed by atoms with Crippen molar-refractivity contribution in [3.05, 3.63) is 99.8 Å². The first-order chi connectivity index (χ1) is 18.5. The maximum atomic E-state index is 14.7. The molecule has 0 spiro atoms. The van der Waals surface area contributed by atoms with E-state index in [2.05, 4.69) is 5.32 Å². The van der Waals surface area contributed by atoms with Gasteiger partial charge < -0.3 is 10.2 Å². The average Bonchev–Trinajstić information content (AvgIpc) is 2.90. The number of hydrogen-bond donors (Lipinski definition) is 1. The predicted octanol–water partition coefficient (Wildman–Crippen LogP) is 5.06. The highest BCUT2D eigenvalue weighted by Crippen LogP contribution is 2.31. The molecule has 0 radical (unpaired) electrons. The largest absolute Gasteiger partial charge is 0.354 e. The Morgan fingerprint density at radius 3 is 2.31 bits per heavy atom.